The van der Waals surface area contributed by atoms with Crippen LogP contribution in [0.5, 0.6) is 0 Å². The summed E-state index contributed by atoms with van der Waals surface area (Å²) in [7, 11) is 4.24. The van der Waals surface area contributed by atoms with Crippen LogP contribution in [0.4, 0.5) is 11.4 Å². The Morgan fingerprint density at radius 1 is 0.605 bits per heavy atom. The third-order valence-corrected chi connectivity index (χ3v) is 6.28. The Balaban J connectivity index is 0.000000212. The number of hydrogen-bond acceptors (Lipinski definition) is 5. The Kier molecular flexibility index (Phi) is 11.5. The van der Waals surface area contributed by atoms with Gasteiger partial charge in [0.15, 0.2) is 0 Å². The van der Waals surface area contributed by atoms with Gasteiger partial charge in [-0.2, -0.15) is 0 Å². The van der Waals surface area contributed by atoms with E-state index in [-0.39, 0.29) is 10.6 Å². The molecule has 4 rings (SSSR count). The van der Waals surface area contributed by atoms with Crippen molar-refractivity contribution in [2.24, 2.45) is 0 Å². The fourth-order valence-corrected chi connectivity index (χ4v) is 4.06. The molecule has 6 nitrogen and oxygen atoms in total. The fraction of sp³-hybridized carbons (Fsp3) is 0.250. The Labute approximate surface area is 226 Å². The first-order valence-electron chi connectivity index (χ1n) is 12.9. The highest BCUT2D eigenvalue weighted by atomic mass is 16.6. The van der Waals surface area contributed by atoms with Gasteiger partial charge in [0, 0.05) is 44.0 Å². The molecule has 0 unspecified atom stereocenters. The molecular formula is C32H38N4O2. The van der Waals surface area contributed by atoms with Gasteiger partial charge in [0.2, 0.25) is 0 Å². The van der Waals surface area contributed by atoms with E-state index in [0.29, 0.717) is 0 Å². The first kappa shape index (κ1) is 28.6. The second-order valence-electron chi connectivity index (χ2n) is 9.61. The molecule has 4 aromatic rings. The number of non-ortho nitro benzene ring substituents is 1. The zero-order valence-electron chi connectivity index (χ0n) is 22.4. The number of nitro groups is 1. The summed E-state index contributed by atoms with van der Waals surface area (Å²) in [6.45, 7) is 3.88. The molecule has 0 spiro atoms. The van der Waals surface area contributed by atoms with E-state index in [1.165, 1.54) is 16.7 Å². The molecule has 0 aliphatic rings. The minimum absolute atomic E-state index is 0.145. The molecule has 2 N–H and O–H groups in total. The van der Waals surface area contributed by atoms with Crippen molar-refractivity contribution in [2.75, 3.05) is 32.9 Å². The molecule has 0 bridgehead atoms. The third kappa shape index (κ3) is 10.5. The van der Waals surface area contributed by atoms with Crippen LogP contribution in [0, 0.1) is 10.1 Å². The Morgan fingerprint density at radius 3 is 1.39 bits per heavy atom. The molecule has 0 amide bonds. The Bertz CT molecular complexity index is 1210. The highest BCUT2D eigenvalue weighted by molar-refractivity contribution is 5.39. The van der Waals surface area contributed by atoms with Crippen LogP contribution in [0.15, 0.2) is 109 Å². The molecular weight excluding hydrogens is 472 g/mol. The van der Waals surface area contributed by atoms with Gasteiger partial charge >= 0.3 is 0 Å². The maximum atomic E-state index is 10.6. The lowest BCUT2D eigenvalue weighted by Crippen LogP contribution is -2.20. The molecule has 0 radical (unpaired) electrons. The van der Waals surface area contributed by atoms with Gasteiger partial charge in [0.1, 0.15) is 0 Å². The van der Waals surface area contributed by atoms with E-state index in [4.69, 9.17) is 5.73 Å². The van der Waals surface area contributed by atoms with E-state index in [1.807, 2.05) is 42.5 Å². The summed E-state index contributed by atoms with van der Waals surface area (Å²) in [4.78, 5) is 14.8. The van der Waals surface area contributed by atoms with E-state index < -0.39 is 0 Å². The van der Waals surface area contributed by atoms with E-state index in [0.717, 1.165) is 50.3 Å². The predicted octanol–water partition coefficient (Wildman–Crippen LogP) is 6.21. The first-order valence-corrected chi connectivity index (χ1v) is 12.9. The lowest BCUT2D eigenvalue weighted by Gasteiger charge is -2.16. The Hall–Kier alpha value is -4.00. The number of benzene rings is 4. The Morgan fingerprint density at radius 2 is 1.00 bits per heavy atom. The summed E-state index contributed by atoms with van der Waals surface area (Å²) in [6.07, 6.45) is 1.95. The molecule has 0 saturated heterocycles. The van der Waals surface area contributed by atoms with Crippen LogP contribution in [0.2, 0.25) is 0 Å². The summed E-state index contributed by atoms with van der Waals surface area (Å²) in [5.41, 5.74) is 11.8. The van der Waals surface area contributed by atoms with Crippen molar-refractivity contribution < 1.29 is 4.92 Å². The maximum Gasteiger partial charge on any atom is 0.269 e. The predicted molar refractivity (Wildman–Crippen MR) is 157 cm³/mol. The normalized spacial score (nSPS) is 10.7. The van der Waals surface area contributed by atoms with Crippen molar-refractivity contribution in [2.45, 2.75) is 25.9 Å². The zero-order valence-corrected chi connectivity index (χ0v) is 22.4. The molecule has 4 aromatic carbocycles. The van der Waals surface area contributed by atoms with Crippen LogP contribution < -0.4 is 5.73 Å². The fourth-order valence-electron chi connectivity index (χ4n) is 4.06. The van der Waals surface area contributed by atoms with Crippen LogP contribution >= 0.6 is 0 Å². The number of nitrogen functional groups attached to an aromatic ring is 1. The van der Waals surface area contributed by atoms with Crippen molar-refractivity contribution in [3.63, 3.8) is 0 Å². The molecule has 6 heteroatoms. The van der Waals surface area contributed by atoms with Crippen LogP contribution in [0.25, 0.3) is 0 Å². The van der Waals surface area contributed by atoms with Crippen LogP contribution in [0.3, 0.4) is 0 Å². The molecule has 38 heavy (non-hydrogen) atoms. The standard InChI is InChI=1S/C16H18N2O2.C16H20N2/c1-17(13-15-5-3-2-4-6-15)12-11-14-7-9-16(10-8-14)18(19)20;1-18(13-15-5-3-2-4-6-15)12-11-14-7-9-16(17)10-8-14/h2-10H,11-13H2,1H3;2-10H,11-13,17H2,1H3. The average Bonchev–Trinajstić information content (AvgIpc) is 2.93. The second-order valence-corrected chi connectivity index (χ2v) is 9.61. The molecule has 0 aliphatic heterocycles. The summed E-state index contributed by atoms with van der Waals surface area (Å²) in [6, 6.07) is 35.8. The van der Waals surface area contributed by atoms with E-state index in [9.17, 15) is 10.1 Å². The molecule has 0 saturated carbocycles. The lowest BCUT2D eigenvalue weighted by atomic mass is 10.1. The van der Waals surface area contributed by atoms with Gasteiger partial charge in [-0.05, 0) is 61.3 Å². The minimum atomic E-state index is -0.370. The van der Waals surface area contributed by atoms with Gasteiger partial charge in [-0.3, -0.25) is 10.1 Å². The minimum Gasteiger partial charge on any atom is -0.399 e. The number of rotatable bonds is 11. The van der Waals surface area contributed by atoms with Gasteiger partial charge < -0.3 is 15.5 Å². The summed E-state index contributed by atoms with van der Waals surface area (Å²) < 4.78 is 0. The molecule has 0 heterocycles. The average molecular weight is 511 g/mol. The van der Waals surface area contributed by atoms with Gasteiger partial charge in [-0.15, -0.1) is 0 Å². The maximum absolute atomic E-state index is 10.6. The number of anilines is 1. The van der Waals surface area contributed by atoms with Crippen LogP contribution in [-0.4, -0.2) is 41.9 Å². The lowest BCUT2D eigenvalue weighted by molar-refractivity contribution is -0.384. The van der Waals surface area contributed by atoms with Gasteiger partial charge in [0.05, 0.1) is 4.92 Å². The zero-order chi connectivity index (χ0) is 27.2. The molecule has 198 valence electrons. The van der Waals surface area contributed by atoms with Crippen molar-refractivity contribution in [1.82, 2.24) is 9.80 Å². The molecule has 0 aliphatic carbocycles. The number of hydrogen-bond donors (Lipinski definition) is 1. The van der Waals surface area contributed by atoms with Crippen molar-refractivity contribution >= 4 is 11.4 Å². The number of nitro benzene ring substituents is 1. The second kappa shape index (κ2) is 15.3. The van der Waals surface area contributed by atoms with Crippen LogP contribution in [-0.2, 0) is 25.9 Å². The highest BCUT2D eigenvalue weighted by Crippen LogP contribution is 2.13. The first-order chi connectivity index (χ1) is 18.4. The number of nitrogens with two attached hydrogens (primary N) is 1. The summed E-state index contributed by atoms with van der Waals surface area (Å²) >= 11 is 0. The number of likely N-dealkylation sites (N-methyl/N-ethyl adjacent to an activating group) is 2. The van der Waals surface area contributed by atoms with Crippen molar-refractivity contribution in [1.29, 1.82) is 0 Å². The van der Waals surface area contributed by atoms with Gasteiger partial charge in [0.25, 0.3) is 5.69 Å². The summed E-state index contributed by atoms with van der Waals surface area (Å²) in [5, 5.41) is 10.6. The van der Waals surface area contributed by atoms with Gasteiger partial charge in [-0.1, -0.05) is 84.9 Å². The molecule has 0 aromatic heterocycles. The molecule has 0 atom stereocenters. The van der Waals surface area contributed by atoms with Crippen molar-refractivity contribution in [3.05, 3.63) is 142 Å². The van der Waals surface area contributed by atoms with E-state index >= 15 is 0 Å². The van der Waals surface area contributed by atoms with E-state index in [2.05, 4.69) is 78.5 Å². The quantitative estimate of drug-likeness (QED) is 0.147. The summed E-state index contributed by atoms with van der Waals surface area (Å²) in [5.74, 6) is 0. The largest absolute Gasteiger partial charge is 0.399 e. The van der Waals surface area contributed by atoms with Crippen molar-refractivity contribution in [3.8, 4) is 0 Å². The smallest absolute Gasteiger partial charge is 0.269 e. The van der Waals surface area contributed by atoms with Crippen LogP contribution in [0.1, 0.15) is 22.3 Å². The van der Waals surface area contributed by atoms with E-state index in [1.54, 1.807) is 12.1 Å². The highest BCUT2D eigenvalue weighted by Gasteiger charge is 2.05. The monoisotopic (exact) mass is 510 g/mol. The topological polar surface area (TPSA) is 75.6 Å². The number of nitrogens with zero attached hydrogens (tertiary/aromatic N) is 3. The van der Waals surface area contributed by atoms with Gasteiger partial charge in [-0.25, -0.2) is 0 Å². The third-order valence-electron chi connectivity index (χ3n) is 6.28. The molecule has 0 fully saturated rings. The SMILES string of the molecule is CN(CCc1ccc(N)cc1)Cc1ccccc1.CN(CCc1ccc([N+](=O)[O-])cc1)Cc1ccccc1.